The van der Waals surface area contributed by atoms with E-state index in [9.17, 15) is 10.1 Å². The molecule has 1 N–H and O–H groups in total. The van der Waals surface area contributed by atoms with Gasteiger partial charge in [0.25, 0.3) is 5.91 Å². The number of benzene rings is 3. The summed E-state index contributed by atoms with van der Waals surface area (Å²) in [4.78, 5) is 12.7. The molecule has 1 amide bonds. The molecule has 8 heteroatoms. The van der Waals surface area contributed by atoms with Crippen LogP contribution in [0, 0.1) is 25.2 Å². The van der Waals surface area contributed by atoms with Crippen molar-refractivity contribution in [2.75, 3.05) is 12.4 Å². The minimum atomic E-state index is -0.496. The number of amides is 1. The van der Waals surface area contributed by atoms with Gasteiger partial charge in [-0.25, -0.2) is 0 Å². The summed E-state index contributed by atoms with van der Waals surface area (Å²) in [6.07, 6.45) is 1.49. The number of nitriles is 1. The molecule has 0 radical (unpaired) electrons. The highest BCUT2D eigenvalue weighted by Gasteiger charge is 2.15. The fraction of sp³-hybridized carbons (Fsp3) is 0.154. The van der Waals surface area contributed by atoms with Crippen molar-refractivity contribution in [1.29, 1.82) is 5.26 Å². The lowest BCUT2D eigenvalue weighted by molar-refractivity contribution is -0.112. The largest absolute Gasteiger partial charge is 0.493 e. The lowest BCUT2D eigenvalue weighted by Gasteiger charge is -2.14. The molecular weight excluding hydrogens is 539 g/mol. The molecule has 0 aliphatic carbocycles. The number of nitrogens with one attached hydrogen (secondary N) is 1. The quantitative estimate of drug-likeness (QED) is 0.240. The Bertz CT molecular complexity index is 1320. The molecule has 0 aromatic heterocycles. The van der Waals surface area contributed by atoms with Gasteiger partial charge in [0.1, 0.15) is 18.2 Å². The first kappa shape index (κ1) is 25.6. The van der Waals surface area contributed by atoms with Crippen molar-refractivity contribution in [3.8, 4) is 17.6 Å². The molecule has 0 fully saturated rings. The second-order valence-electron chi connectivity index (χ2n) is 7.50. The number of hydrogen-bond acceptors (Lipinski definition) is 4. The van der Waals surface area contributed by atoms with E-state index >= 15 is 0 Å². The van der Waals surface area contributed by atoms with Gasteiger partial charge in [0.15, 0.2) is 11.5 Å². The zero-order valence-corrected chi connectivity index (χ0v) is 21.8. The van der Waals surface area contributed by atoms with Crippen LogP contribution >= 0.6 is 39.1 Å². The number of methoxy groups -OCH3 is 1. The van der Waals surface area contributed by atoms with Crippen LogP contribution in [0.15, 0.2) is 58.6 Å². The number of carbonyl (C=O) groups is 1. The third-order valence-electron chi connectivity index (χ3n) is 4.96. The number of anilines is 1. The summed E-state index contributed by atoms with van der Waals surface area (Å²) in [5.74, 6) is 0.394. The van der Waals surface area contributed by atoms with Crippen LogP contribution < -0.4 is 14.8 Å². The van der Waals surface area contributed by atoms with E-state index in [1.807, 2.05) is 38.1 Å². The van der Waals surface area contributed by atoms with Crippen LogP contribution in [0.3, 0.4) is 0 Å². The molecule has 3 aromatic carbocycles. The van der Waals surface area contributed by atoms with Crippen LogP contribution in [-0.2, 0) is 11.4 Å². The van der Waals surface area contributed by atoms with Gasteiger partial charge >= 0.3 is 0 Å². The zero-order chi connectivity index (χ0) is 24.8. The van der Waals surface area contributed by atoms with Crippen molar-refractivity contribution in [2.24, 2.45) is 0 Å². The van der Waals surface area contributed by atoms with Gasteiger partial charge in [-0.2, -0.15) is 5.26 Å². The van der Waals surface area contributed by atoms with E-state index in [4.69, 9.17) is 32.7 Å². The normalized spacial score (nSPS) is 11.0. The van der Waals surface area contributed by atoms with E-state index in [-0.39, 0.29) is 12.2 Å². The fourth-order valence-corrected chi connectivity index (χ4v) is 4.16. The lowest BCUT2D eigenvalue weighted by Crippen LogP contribution is -2.14. The van der Waals surface area contributed by atoms with Gasteiger partial charge in [-0.1, -0.05) is 41.4 Å². The van der Waals surface area contributed by atoms with Crippen molar-refractivity contribution in [2.45, 2.75) is 20.5 Å². The predicted octanol–water partition coefficient (Wildman–Crippen LogP) is 7.51. The zero-order valence-electron chi connectivity index (χ0n) is 18.7. The monoisotopic (exact) mass is 558 g/mol. The Labute approximate surface area is 217 Å². The topological polar surface area (TPSA) is 71.3 Å². The van der Waals surface area contributed by atoms with Crippen LogP contribution in [0.25, 0.3) is 6.08 Å². The van der Waals surface area contributed by atoms with Crippen LogP contribution in [0.4, 0.5) is 5.69 Å². The van der Waals surface area contributed by atoms with Crippen molar-refractivity contribution in [1.82, 2.24) is 0 Å². The first-order chi connectivity index (χ1) is 16.2. The smallest absolute Gasteiger partial charge is 0.266 e. The number of rotatable bonds is 7. The number of carbonyl (C=O) groups excluding carboxylic acids is 1. The molecular formula is C26H21BrCl2N2O3. The molecule has 0 unspecified atom stereocenters. The second kappa shape index (κ2) is 11.4. The molecule has 0 aliphatic rings. The highest BCUT2D eigenvalue weighted by molar-refractivity contribution is 9.10. The number of ether oxygens (including phenoxy) is 2. The number of hydrogen-bond donors (Lipinski definition) is 1. The molecule has 0 aliphatic heterocycles. The SMILES string of the molecule is COc1cc(/C=C(/C#N)C(=O)Nc2cc(C)ccc2C)cc(Br)c1OCc1ccc(Cl)cc1Cl. The first-order valence-corrected chi connectivity index (χ1v) is 11.7. The maximum atomic E-state index is 12.7. The summed E-state index contributed by atoms with van der Waals surface area (Å²) in [5.41, 5.74) is 3.88. The molecule has 0 bridgehead atoms. The van der Waals surface area contributed by atoms with E-state index in [1.54, 1.807) is 30.3 Å². The molecule has 3 rings (SSSR count). The minimum absolute atomic E-state index is 0.0449. The van der Waals surface area contributed by atoms with Crippen LogP contribution in [0.1, 0.15) is 22.3 Å². The highest BCUT2D eigenvalue weighted by atomic mass is 79.9. The van der Waals surface area contributed by atoms with Gasteiger partial charge in [-0.05, 0) is 82.9 Å². The Morgan fingerprint density at radius 2 is 1.91 bits per heavy atom. The van der Waals surface area contributed by atoms with Crippen molar-refractivity contribution in [3.63, 3.8) is 0 Å². The standard InChI is InChI=1S/C26H21BrCl2N2O3/c1-15-4-5-16(2)23(8-15)31-26(32)19(13-30)9-17-10-21(27)25(24(11-17)33-3)34-14-18-6-7-20(28)12-22(18)29/h4-12H,14H2,1-3H3,(H,31,32)/b19-9-. The Balaban J connectivity index is 1.84. The highest BCUT2D eigenvalue weighted by Crippen LogP contribution is 2.38. The number of aryl methyl sites for hydroxylation is 2. The fourth-order valence-electron chi connectivity index (χ4n) is 3.13. The Kier molecular flexibility index (Phi) is 8.62. The maximum absolute atomic E-state index is 12.7. The van der Waals surface area contributed by atoms with Gasteiger partial charge in [0, 0.05) is 21.3 Å². The van der Waals surface area contributed by atoms with E-state index in [1.165, 1.54) is 13.2 Å². The Hall–Kier alpha value is -2.98. The second-order valence-corrected chi connectivity index (χ2v) is 9.20. The van der Waals surface area contributed by atoms with Gasteiger partial charge in [0.2, 0.25) is 0 Å². The first-order valence-electron chi connectivity index (χ1n) is 10.2. The van der Waals surface area contributed by atoms with Gasteiger partial charge in [0.05, 0.1) is 11.6 Å². The molecule has 0 saturated heterocycles. The Morgan fingerprint density at radius 1 is 1.15 bits per heavy atom. The molecule has 3 aromatic rings. The van der Waals surface area contributed by atoms with Crippen molar-refractivity contribution < 1.29 is 14.3 Å². The average Bonchev–Trinajstić information content (AvgIpc) is 2.79. The van der Waals surface area contributed by atoms with Crippen molar-refractivity contribution >= 4 is 56.8 Å². The number of nitrogens with zero attached hydrogens (tertiary/aromatic N) is 1. The molecule has 0 saturated carbocycles. The third kappa shape index (κ3) is 6.32. The summed E-state index contributed by atoms with van der Waals surface area (Å²) < 4.78 is 12.0. The van der Waals surface area contributed by atoms with E-state index < -0.39 is 5.91 Å². The van der Waals surface area contributed by atoms with Gasteiger partial charge < -0.3 is 14.8 Å². The summed E-state index contributed by atoms with van der Waals surface area (Å²) in [6.45, 7) is 4.02. The molecule has 0 heterocycles. The summed E-state index contributed by atoms with van der Waals surface area (Å²) in [6, 6.07) is 16.3. The third-order valence-corrected chi connectivity index (χ3v) is 6.13. The predicted molar refractivity (Wildman–Crippen MR) is 140 cm³/mol. The molecule has 34 heavy (non-hydrogen) atoms. The van der Waals surface area contributed by atoms with E-state index in [0.717, 1.165) is 16.7 Å². The molecule has 174 valence electrons. The molecule has 0 spiro atoms. The van der Waals surface area contributed by atoms with Gasteiger partial charge in [-0.3, -0.25) is 4.79 Å². The summed E-state index contributed by atoms with van der Waals surface area (Å²) in [7, 11) is 1.51. The molecule has 5 nitrogen and oxygen atoms in total. The summed E-state index contributed by atoms with van der Waals surface area (Å²) in [5, 5.41) is 13.4. The van der Waals surface area contributed by atoms with Crippen LogP contribution in [-0.4, -0.2) is 13.0 Å². The van der Waals surface area contributed by atoms with Crippen LogP contribution in [0.2, 0.25) is 10.0 Å². The average molecular weight is 560 g/mol. The van der Waals surface area contributed by atoms with Gasteiger partial charge in [-0.15, -0.1) is 0 Å². The lowest BCUT2D eigenvalue weighted by atomic mass is 10.1. The number of halogens is 3. The minimum Gasteiger partial charge on any atom is -0.493 e. The van der Waals surface area contributed by atoms with E-state index in [2.05, 4.69) is 21.2 Å². The van der Waals surface area contributed by atoms with Crippen LogP contribution in [0.5, 0.6) is 11.5 Å². The van der Waals surface area contributed by atoms with Crippen molar-refractivity contribution in [3.05, 3.63) is 90.9 Å². The maximum Gasteiger partial charge on any atom is 0.266 e. The molecule has 0 atom stereocenters. The Morgan fingerprint density at radius 3 is 2.59 bits per heavy atom. The summed E-state index contributed by atoms with van der Waals surface area (Å²) >= 11 is 15.7. The van der Waals surface area contributed by atoms with E-state index in [0.29, 0.717) is 37.3 Å².